The molecule has 0 N–H and O–H groups in total. The van der Waals surface area contributed by atoms with Crippen LogP contribution in [0.15, 0.2) is 54.6 Å². The Morgan fingerprint density at radius 2 is 1.53 bits per heavy atom. The molecule has 0 bridgehead atoms. The van der Waals surface area contributed by atoms with E-state index in [0.29, 0.717) is 0 Å². The van der Waals surface area contributed by atoms with Crippen molar-refractivity contribution < 1.29 is 9.47 Å². The Labute approximate surface area is 114 Å². The van der Waals surface area contributed by atoms with Crippen LogP contribution in [-0.2, 0) is 4.74 Å². The van der Waals surface area contributed by atoms with Crippen LogP contribution in [0.3, 0.4) is 0 Å². The van der Waals surface area contributed by atoms with E-state index < -0.39 is 0 Å². The summed E-state index contributed by atoms with van der Waals surface area (Å²) in [6.07, 6.45) is 0.223. The van der Waals surface area contributed by atoms with Gasteiger partial charge in [-0.15, -0.1) is 0 Å². The van der Waals surface area contributed by atoms with Gasteiger partial charge in [0.15, 0.2) is 0 Å². The van der Waals surface area contributed by atoms with Gasteiger partial charge in [-0.25, -0.2) is 0 Å². The standard InChI is InChI=1S/C17H18O2/c1-17(2,16-12-18-16)19-15-10-8-14(9-11-15)13-6-4-3-5-7-13/h3-11,16H,12H2,1-2H3. The number of hydrogen-bond donors (Lipinski definition) is 0. The lowest BCUT2D eigenvalue weighted by Crippen LogP contribution is -2.34. The molecule has 1 unspecified atom stereocenters. The molecular formula is C17H18O2. The Balaban J connectivity index is 1.76. The van der Waals surface area contributed by atoms with Gasteiger partial charge in [-0.05, 0) is 37.1 Å². The van der Waals surface area contributed by atoms with Crippen molar-refractivity contribution in [2.75, 3.05) is 6.61 Å². The SMILES string of the molecule is CC(C)(Oc1ccc(-c2ccccc2)cc1)C1CO1. The van der Waals surface area contributed by atoms with Crippen LogP contribution in [0.5, 0.6) is 5.75 Å². The molecule has 0 saturated carbocycles. The van der Waals surface area contributed by atoms with Crippen LogP contribution >= 0.6 is 0 Å². The smallest absolute Gasteiger partial charge is 0.132 e. The van der Waals surface area contributed by atoms with E-state index in [1.807, 2.05) is 30.3 Å². The van der Waals surface area contributed by atoms with Crippen LogP contribution in [0.4, 0.5) is 0 Å². The van der Waals surface area contributed by atoms with Crippen molar-refractivity contribution in [3.8, 4) is 16.9 Å². The fourth-order valence-electron chi connectivity index (χ4n) is 2.16. The van der Waals surface area contributed by atoms with Gasteiger partial charge in [-0.3, -0.25) is 0 Å². The molecule has 98 valence electrons. The highest BCUT2D eigenvalue weighted by Gasteiger charge is 2.41. The zero-order chi connectivity index (χ0) is 13.3. The first kappa shape index (κ1) is 12.2. The fraction of sp³-hybridized carbons (Fsp3) is 0.294. The zero-order valence-electron chi connectivity index (χ0n) is 11.3. The second-order valence-electron chi connectivity index (χ2n) is 5.42. The summed E-state index contributed by atoms with van der Waals surface area (Å²) in [6, 6.07) is 18.6. The van der Waals surface area contributed by atoms with Crippen LogP contribution in [0.25, 0.3) is 11.1 Å². The van der Waals surface area contributed by atoms with E-state index >= 15 is 0 Å². The average Bonchev–Trinajstić information content (AvgIpc) is 3.25. The van der Waals surface area contributed by atoms with Gasteiger partial charge < -0.3 is 9.47 Å². The third-order valence-corrected chi connectivity index (χ3v) is 3.45. The van der Waals surface area contributed by atoms with Crippen molar-refractivity contribution in [3.63, 3.8) is 0 Å². The summed E-state index contributed by atoms with van der Waals surface area (Å²) in [5, 5.41) is 0. The van der Waals surface area contributed by atoms with E-state index in [4.69, 9.17) is 9.47 Å². The van der Waals surface area contributed by atoms with Crippen LogP contribution in [-0.4, -0.2) is 18.3 Å². The first-order chi connectivity index (χ1) is 9.15. The molecule has 3 rings (SSSR count). The Morgan fingerprint density at radius 3 is 2.11 bits per heavy atom. The summed E-state index contributed by atoms with van der Waals surface area (Å²) < 4.78 is 11.3. The van der Waals surface area contributed by atoms with Crippen molar-refractivity contribution >= 4 is 0 Å². The lowest BCUT2D eigenvalue weighted by molar-refractivity contribution is 0.0744. The molecule has 0 aliphatic carbocycles. The van der Waals surface area contributed by atoms with Crippen LogP contribution in [0, 0.1) is 0 Å². The molecule has 1 aliphatic heterocycles. The molecule has 2 nitrogen and oxygen atoms in total. The van der Waals surface area contributed by atoms with E-state index in [-0.39, 0.29) is 11.7 Å². The van der Waals surface area contributed by atoms with Gasteiger partial charge in [0.25, 0.3) is 0 Å². The number of hydrogen-bond acceptors (Lipinski definition) is 2. The minimum atomic E-state index is -0.256. The number of rotatable bonds is 4. The van der Waals surface area contributed by atoms with Gasteiger partial charge in [0.1, 0.15) is 17.5 Å². The predicted octanol–water partition coefficient (Wildman–Crippen LogP) is 3.91. The molecule has 1 heterocycles. The maximum absolute atomic E-state index is 5.99. The largest absolute Gasteiger partial charge is 0.485 e. The highest BCUT2D eigenvalue weighted by atomic mass is 16.6. The molecule has 0 aromatic heterocycles. The lowest BCUT2D eigenvalue weighted by atomic mass is 10.0. The summed E-state index contributed by atoms with van der Waals surface area (Å²) in [7, 11) is 0. The molecule has 1 aliphatic rings. The maximum Gasteiger partial charge on any atom is 0.132 e. The van der Waals surface area contributed by atoms with Crippen molar-refractivity contribution in [3.05, 3.63) is 54.6 Å². The molecular weight excluding hydrogens is 236 g/mol. The van der Waals surface area contributed by atoms with E-state index in [2.05, 4.69) is 38.1 Å². The van der Waals surface area contributed by atoms with E-state index in [1.165, 1.54) is 11.1 Å². The third-order valence-electron chi connectivity index (χ3n) is 3.45. The monoisotopic (exact) mass is 254 g/mol. The van der Waals surface area contributed by atoms with Gasteiger partial charge in [-0.1, -0.05) is 42.5 Å². The zero-order valence-corrected chi connectivity index (χ0v) is 11.3. The highest BCUT2D eigenvalue weighted by Crippen LogP contribution is 2.30. The molecule has 0 radical (unpaired) electrons. The number of epoxide rings is 1. The molecule has 2 heteroatoms. The Morgan fingerprint density at radius 1 is 0.947 bits per heavy atom. The molecule has 1 fully saturated rings. The molecule has 0 spiro atoms. The number of benzene rings is 2. The van der Waals surface area contributed by atoms with Crippen LogP contribution in [0.2, 0.25) is 0 Å². The summed E-state index contributed by atoms with van der Waals surface area (Å²) in [4.78, 5) is 0. The predicted molar refractivity (Wildman–Crippen MR) is 76.3 cm³/mol. The van der Waals surface area contributed by atoms with Gasteiger partial charge in [0.05, 0.1) is 6.61 Å². The first-order valence-corrected chi connectivity index (χ1v) is 6.61. The van der Waals surface area contributed by atoms with E-state index in [0.717, 1.165) is 12.4 Å². The average molecular weight is 254 g/mol. The quantitative estimate of drug-likeness (QED) is 0.772. The Bertz CT molecular complexity index is 539. The summed E-state index contributed by atoms with van der Waals surface area (Å²) in [5.41, 5.74) is 2.17. The summed E-state index contributed by atoms with van der Waals surface area (Å²) in [5.74, 6) is 0.889. The molecule has 2 aromatic carbocycles. The minimum Gasteiger partial charge on any atom is -0.485 e. The summed E-state index contributed by atoms with van der Waals surface area (Å²) >= 11 is 0. The molecule has 0 amide bonds. The molecule has 2 aromatic rings. The third kappa shape index (κ3) is 2.79. The van der Waals surface area contributed by atoms with Gasteiger partial charge in [0.2, 0.25) is 0 Å². The van der Waals surface area contributed by atoms with Gasteiger partial charge in [-0.2, -0.15) is 0 Å². The van der Waals surface area contributed by atoms with Crippen molar-refractivity contribution in [2.45, 2.75) is 25.6 Å². The first-order valence-electron chi connectivity index (χ1n) is 6.61. The van der Waals surface area contributed by atoms with Crippen LogP contribution < -0.4 is 4.74 Å². The maximum atomic E-state index is 5.99. The normalized spacial score (nSPS) is 18.1. The minimum absolute atomic E-state index is 0.223. The highest BCUT2D eigenvalue weighted by molar-refractivity contribution is 5.63. The Kier molecular flexibility index (Phi) is 3.03. The van der Waals surface area contributed by atoms with Crippen molar-refractivity contribution in [2.24, 2.45) is 0 Å². The van der Waals surface area contributed by atoms with Crippen molar-refractivity contribution in [1.29, 1.82) is 0 Å². The molecule has 19 heavy (non-hydrogen) atoms. The van der Waals surface area contributed by atoms with Crippen LogP contribution in [0.1, 0.15) is 13.8 Å². The Hall–Kier alpha value is -1.80. The summed E-state index contributed by atoms with van der Waals surface area (Å²) in [6.45, 7) is 4.93. The second-order valence-corrected chi connectivity index (χ2v) is 5.42. The molecule has 1 saturated heterocycles. The van der Waals surface area contributed by atoms with Gasteiger partial charge >= 0.3 is 0 Å². The second kappa shape index (κ2) is 4.71. The van der Waals surface area contributed by atoms with Gasteiger partial charge in [0, 0.05) is 0 Å². The topological polar surface area (TPSA) is 21.8 Å². The van der Waals surface area contributed by atoms with Crippen molar-refractivity contribution in [1.82, 2.24) is 0 Å². The number of ether oxygens (including phenoxy) is 2. The lowest BCUT2D eigenvalue weighted by Gasteiger charge is -2.24. The fourth-order valence-corrected chi connectivity index (χ4v) is 2.16. The molecule has 1 atom stereocenters. The van der Waals surface area contributed by atoms with E-state index in [9.17, 15) is 0 Å². The van der Waals surface area contributed by atoms with E-state index in [1.54, 1.807) is 0 Å².